The van der Waals surface area contributed by atoms with Gasteiger partial charge in [-0.1, -0.05) is 38.1 Å². The largest absolute Gasteiger partial charge is 0.325 e. The van der Waals surface area contributed by atoms with Crippen molar-refractivity contribution < 1.29 is 0 Å². The summed E-state index contributed by atoms with van der Waals surface area (Å²) in [5, 5.41) is 0. The van der Waals surface area contributed by atoms with Crippen LogP contribution in [-0.4, -0.2) is 5.54 Å². The molecule has 2 aliphatic rings. The number of rotatable bonds is 0. The topological polar surface area (TPSA) is 26.0 Å². The first-order valence-corrected chi connectivity index (χ1v) is 6.53. The van der Waals surface area contributed by atoms with Crippen molar-refractivity contribution in [1.82, 2.24) is 0 Å². The van der Waals surface area contributed by atoms with Gasteiger partial charge in [0.2, 0.25) is 0 Å². The molecule has 0 aliphatic heterocycles. The van der Waals surface area contributed by atoms with Crippen molar-refractivity contribution >= 4 is 0 Å². The van der Waals surface area contributed by atoms with Gasteiger partial charge in [0.1, 0.15) is 0 Å². The average molecular weight is 217 g/mol. The van der Waals surface area contributed by atoms with Crippen LogP contribution in [-0.2, 0) is 11.8 Å². The summed E-state index contributed by atoms with van der Waals surface area (Å²) < 4.78 is 0. The molecule has 16 heavy (non-hydrogen) atoms. The van der Waals surface area contributed by atoms with Gasteiger partial charge in [-0.05, 0) is 43.7 Å². The summed E-state index contributed by atoms with van der Waals surface area (Å²) >= 11 is 0. The molecule has 1 fully saturated rings. The smallest absolute Gasteiger partial charge is 0.0233 e. The Morgan fingerprint density at radius 1 is 1.19 bits per heavy atom. The van der Waals surface area contributed by atoms with Crippen LogP contribution in [0.15, 0.2) is 24.3 Å². The predicted molar refractivity (Wildman–Crippen MR) is 69.6 cm³/mol. The quantitative estimate of drug-likeness (QED) is 0.708. The highest BCUT2D eigenvalue weighted by Gasteiger charge is 2.63. The molecule has 0 heterocycles. The van der Waals surface area contributed by atoms with Crippen molar-refractivity contribution in [3.8, 4) is 0 Å². The van der Waals surface area contributed by atoms with Crippen LogP contribution < -0.4 is 5.73 Å². The molecule has 2 unspecified atom stereocenters. The molecule has 1 aromatic rings. The molecular formula is C15H23N. The molecule has 0 amide bonds. The molecule has 1 spiro atoms. The predicted octanol–water partition coefficient (Wildman–Crippen LogP) is 3.41. The van der Waals surface area contributed by atoms with E-state index in [0.717, 1.165) is 0 Å². The van der Waals surface area contributed by atoms with E-state index in [1.54, 1.807) is 0 Å². The van der Waals surface area contributed by atoms with Crippen molar-refractivity contribution in [2.45, 2.75) is 57.4 Å². The lowest BCUT2D eigenvalue weighted by Crippen LogP contribution is -2.32. The van der Waals surface area contributed by atoms with E-state index in [1.165, 1.54) is 36.8 Å². The highest BCUT2D eigenvalue weighted by Crippen LogP contribution is 2.61. The SMILES string of the molecule is CC.CC1(N)CC12CCCc1ccccc12. The second kappa shape index (κ2) is 3.89. The van der Waals surface area contributed by atoms with Gasteiger partial charge < -0.3 is 5.73 Å². The lowest BCUT2D eigenvalue weighted by atomic mass is 9.78. The van der Waals surface area contributed by atoms with E-state index < -0.39 is 0 Å². The standard InChI is InChI=1S/C13H17N.C2H6/c1-12(14)9-13(12)8-4-6-10-5-2-3-7-11(10)13;1-2/h2-3,5,7H,4,6,8-9,14H2,1H3;1-2H3. The fourth-order valence-corrected chi connectivity index (χ4v) is 3.28. The summed E-state index contributed by atoms with van der Waals surface area (Å²) in [7, 11) is 0. The third-order valence-corrected chi connectivity index (χ3v) is 4.22. The number of benzene rings is 1. The van der Waals surface area contributed by atoms with Gasteiger partial charge in [-0.25, -0.2) is 0 Å². The van der Waals surface area contributed by atoms with E-state index in [1.807, 2.05) is 13.8 Å². The molecule has 2 aliphatic carbocycles. The van der Waals surface area contributed by atoms with Crippen molar-refractivity contribution in [3.05, 3.63) is 35.4 Å². The first kappa shape index (κ1) is 11.7. The van der Waals surface area contributed by atoms with Gasteiger partial charge in [0.25, 0.3) is 0 Å². The molecule has 1 aromatic carbocycles. The summed E-state index contributed by atoms with van der Waals surface area (Å²) in [6, 6.07) is 8.85. The fourth-order valence-electron chi connectivity index (χ4n) is 3.28. The Labute approximate surface area is 99.0 Å². The fraction of sp³-hybridized carbons (Fsp3) is 0.600. The number of hydrogen-bond acceptors (Lipinski definition) is 1. The second-order valence-corrected chi connectivity index (χ2v) is 5.19. The molecule has 0 saturated heterocycles. The van der Waals surface area contributed by atoms with Crippen molar-refractivity contribution in [2.75, 3.05) is 0 Å². The third-order valence-electron chi connectivity index (χ3n) is 4.22. The van der Waals surface area contributed by atoms with E-state index in [2.05, 4.69) is 31.2 Å². The number of aryl methyl sites for hydroxylation is 1. The van der Waals surface area contributed by atoms with E-state index in [9.17, 15) is 0 Å². The number of nitrogens with two attached hydrogens (primary N) is 1. The van der Waals surface area contributed by atoms with Crippen LogP contribution >= 0.6 is 0 Å². The van der Waals surface area contributed by atoms with Gasteiger partial charge in [-0.15, -0.1) is 0 Å². The highest BCUT2D eigenvalue weighted by atomic mass is 14.9. The van der Waals surface area contributed by atoms with Crippen LogP contribution in [0.5, 0.6) is 0 Å². The Morgan fingerprint density at radius 2 is 1.81 bits per heavy atom. The van der Waals surface area contributed by atoms with Crippen LogP contribution in [0.1, 0.15) is 51.2 Å². The molecule has 1 nitrogen and oxygen atoms in total. The van der Waals surface area contributed by atoms with Crippen molar-refractivity contribution in [1.29, 1.82) is 0 Å². The average Bonchev–Trinajstić information content (AvgIpc) is 2.85. The van der Waals surface area contributed by atoms with E-state index >= 15 is 0 Å². The van der Waals surface area contributed by atoms with Crippen molar-refractivity contribution in [3.63, 3.8) is 0 Å². The summed E-state index contributed by atoms with van der Waals surface area (Å²) in [6.07, 6.45) is 5.02. The molecule has 3 rings (SSSR count). The maximum absolute atomic E-state index is 6.29. The summed E-state index contributed by atoms with van der Waals surface area (Å²) in [5.41, 5.74) is 9.76. The zero-order valence-corrected chi connectivity index (χ0v) is 10.7. The summed E-state index contributed by atoms with van der Waals surface area (Å²) in [6.45, 7) is 6.20. The van der Waals surface area contributed by atoms with Gasteiger partial charge in [0, 0.05) is 11.0 Å². The van der Waals surface area contributed by atoms with Crippen molar-refractivity contribution in [2.24, 2.45) is 5.73 Å². The lowest BCUT2D eigenvalue weighted by molar-refractivity contribution is 0.477. The first-order chi connectivity index (χ1) is 7.66. The molecule has 0 bridgehead atoms. The van der Waals surface area contributed by atoms with Gasteiger partial charge >= 0.3 is 0 Å². The molecule has 2 atom stereocenters. The van der Waals surface area contributed by atoms with Crippen LogP contribution in [0.4, 0.5) is 0 Å². The zero-order valence-electron chi connectivity index (χ0n) is 10.7. The van der Waals surface area contributed by atoms with Crippen LogP contribution in [0.2, 0.25) is 0 Å². The van der Waals surface area contributed by atoms with Gasteiger partial charge in [-0.2, -0.15) is 0 Å². The highest BCUT2D eigenvalue weighted by molar-refractivity contribution is 5.47. The monoisotopic (exact) mass is 217 g/mol. The Bertz CT molecular complexity index is 381. The Hall–Kier alpha value is -0.820. The minimum absolute atomic E-state index is 0.0591. The van der Waals surface area contributed by atoms with E-state index in [-0.39, 0.29) is 5.54 Å². The lowest BCUT2D eigenvalue weighted by Gasteiger charge is -2.28. The maximum Gasteiger partial charge on any atom is 0.0233 e. The summed E-state index contributed by atoms with van der Waals surface area (Å²) in [4.78, 5) is 0. The van der Waals surface area contributed by atoms with Crippen LogP contribution in [0.3, 0.4) is 0 Å². The Balaban J connectivity index is 0.000000457. The second-order valence-electron chi connectivity index (χ2n) is 5.19. The molecule has 0 radical (unpaired) electrons. The van der Waals surface area contributed by atoms with Gasteiger partial charge in [0.05, 0.1) is 0 Å². The third kappa shape index (κ3) is 1.49. The normalized spacial score (nSPS) is 35.0. The van der Waals surface area contributed by atoms with E-state index in [4.69, 9.17) is 5.73 Å². The van der Waals surface area contributed by atoms with Crippen LogP contribution in [0, 0.1) is 0 Å². The van der Waals surface area contributed by atoms with Gasteiger partial charge in [-0.3, -0.25) is 0 Å². The molecule has 2 N–H and O–H groups in total. The molecule has 0 aromatic heterocycles. The Morgan fingerprint density at radius 3 is 2.44 bits per heavy atom. The number of fused-ring (bicyclic) bond motifs is 2. The maximum atomic E-state index is 6.29. The number of hydrogen-bond donors (Lipinski definition) is 1. The molecule has 88 valence electrons. The zero-order chi connectivity index (χ0) is 11.8. The molecular weight excluding hydrogens is 194 g/mol. The van der Waals surface area contributed by atoms with Gasteiger partial charge in [0.15, 0.2) is 0 Å². The minimum Gasteiger partial charge on any atom is -0.325 e. The van der Waals surface area contributed by atoms with Crippen LogP contribution in [0.25, 0.3) is 0 Å². The molecule has 1 saturated carbocycles. The summed E-state index contributed by atoms with van der Waals surface area (Å²) in [5.74, 6) is 0. The first-order valence-electron chi connectivity index (χ1n) is 6.53. The minimum atomic E-state index is 0.0591. The Kier molecular flexibility index (Phi) is 2.83. The molecule has 1 heteroatoms. The van der Waals surface area contributed by atoms with E-state index in [0.29, 0.717) is 5.41 Å².